The highest BCUT2D eigenvalue weighted by Crippen LogP contribution is 2.18. The van der Waals surface area contributed by atoms with Crippen LogP contribution < -0.4 is 10.1 Å². The second kappa shape index (κ2) is 13.1. The third kappa shape index (κ3) is 8.66. The van der Waals surface area contributed by atoms with E-state index in [9.17, 15) is 9.59 Å². The van der Waals surface area contributed by atoms with E-state index < -0.39 is 6.04 Å². The normalized spacial score (nSPS) is 11.8. The lowest BCUT2D eigenvalue weighted by Gasteiger charge is -2.29. The van der Waals surface area contributed by atoms with E-state index in [4.69, 9.17) is 4.74 Å². The van der Waals surface area contributed by atoms with Gasteiger partial charge in [-0.3, -0.25) is 9.59 Å². The summed E-state index contributed by atoms with van der Waals surface area (Å²) < 4.78 is 5.22. The van der Waals surface area contributed by atoms with Crippen molar-refractivity contribution in [2.45, 2.75) is 45.5 Å². The quantitative estimate of drug-likeness (QED) is 0.492. The van der Waals surface area contributed by atoms with Crippen molar-refractivity contribution in [2.24, 2.45) is 5.92 Å². The van der Waals surface area contributed by atoms with Crippen LogP contribution in [0.25, 0.3) is 0 Å². The summed E-state index contributed by atoms with van der Waals surface area (Å²) in [5, 5.41) is 2.95. The Hall–Kier alpha value is -2.47. The molecule has 1 N–H and O–H groups in total. The number of benzene rings is 2. The molecule has 0 saturated carbocycles. The monoisotopic (exact) mass is 442 g/mol. The van der Waals surface area contributed by atoms with Crippen LogP contribution in [0.2, 0.25) is 0 Å². The van der Waals surface area contributed by atoms with Gasteiger partial charge in [-0.1, -0.05) is 56.3 Å². The van der Waals surface area contributed by atoms with Gasteiger partial charge in [0.15, 0.2) is 0 Å². The highest BCUT2D eigenvalue weighted by molar-refractivity contribution is 7.98. The molecule has 0 unspecified atom stereocenters. The van der Waals surface area contributed by atoms with Crippen LogP contribution in [-0.4, -0.2) is 42.2 Å². The number of ether oxygens (including phenoxy) is 1. The molecule has 0 fully saturated rings. The first-order valence-corrected chi connectivity index (χ1v) is 11.9. The summed E-state index contributed by atoms with van der Waals surface area (Å²) in [5.74, 6) is 2.58. The van der Waals surface area contributed by atoms with E-state index in [1.54, 1.807) is 30.7 Å². The molecule has 5 nitrogen and oxygen atoms in total. The van der Waals surface area contributed by atoms with Gasteiger partial charge < -0.3 is 15.0 Å². The van der Waals surface area contributed by atoms with Gasteiger partial charge in [0, 0.05) is 31.0 Å². The average molecular weight is 443 g/mol. The number of methoxy groups -OCH3 is 1. The Labute approximate surface area is 190 Å². The SMILES string of the molecule is COc1ccc(CN(C(=O)CCSCc2ccccc2)[C@@H](C)C(=O)NCC(C)C)cc1. The van der Waals surface area contributed by atoms with Crippen LogP contribution in [-0.2, 0) is 21.9 Å². The molecule has 168 valence electrons. The molecular formula is C25H34N2O3S. The van der Waals surface area contributed by atoms with E-state index in [0.29, 0.717) is 31.2 Å². The molecule has 0 bridgehead atoms. The van der Waals surface area contributed by atoms with Crippen LogP contribution in [0.4, 0.5) is 0 Å². The fourth-order valence-electron chi connectivity index (χ4n) is 3.03. The predicted molar refractivity (Wildman–Crippen MR) is 128 cm³/mol. The second-order valence-electron chi connectivity index (χ2n) is 7.97. The number of carbonyl (C=O) groups excluding carboxylic acids is 2. The highest BCUT2D eigenvalue weighted by Gasteiger charge is 2.25. The fourth-order valence-corrected chi connectivity index (χ4v) is 3.92. The van der Waals surface area contributed by atoms with Crippen molar-refractivity contribution >= 4 is 23.6 Å². The lowest BCUT2D eigenvalue weighted by Crippen LogP contribution is -2.48. The molecule has 0 aliphatic heterocycles. The molecule has 0 aliphatic rings. The van der Waals surface area contributed by atoms with E-state index in [0.717, 1.165) is 17.1 Å². The maximum absolute atomic E-state index is 13.1. The van der Waals surface area contributed by atoms with Gasteiger partial charge in [-0.25, -0.2) is 0 Å². The first-order valence-electron chi connectivity index (χ1n) is 10.7. The number of thioether (sulfide) groups is 1. The van der Waals surface area contributed by atoms with E-state index in [-0.39, 0.29) is 11.8 Å². The number of nitrogens with one attached hydrogen (secondary N) is 1. The topological polar surface area (TPSA) is 58.6 Å². The molecule has 2 aromatic carbocycles. The van der Waals surface area contributed by atoms with Crippen molar-refractivity contribution in [2.75, 3.05) is 19.4 Å². The zero-order chi connectivity index (χ0) is 22.6. The number of hydrogen-bond acceptors (Lipinski definition) is 4. The van der Waals surface area contributed by atoms with E-state index in [1.807, 2.05) is 42.5 Å². The maximum Gasteiger partial charge on any atom is 0.242 e. The molecule has 2 amide bonds. The molecule has 0 aromatic heterocycles. The van der Waals surface area contributed by atoms with Crippen LogP contribution in [0.1, 0.15) is 38.3 Å². The van der Waals surface area contributed by atoms with Crippen molar-refractivity contribution in [3.8, 4) is 5.75 Å². The standard InChI is InChI=1S/C25H34N2O3S/c1-19(2)16-26-25(29)20(3)27(17-21-10-12-23(30-4)13-11-21)24(28)14-15-31-18-22-8-6-5-7-9-22/h5-13,19-20H,14-18H2,1-4H3,(H,26,29)/t20-/m0/s1. The van der Waals surface area contributed by atoms with Crippen LogP contribution in [0.5, 0.6) is 5.75 Å². The maximum atomic E-state index is 13.1. The highest BCUT2D eigenvalue weighted by atomic mass is 32.2. The zero-order valence-electron chi connectivity index (χ0n) is 19.0. The van der Waals surface area contributed by atoms with Gasteiger partial charge in [-0.2, -0.15) is 11.8 Å². The van der Waals surface area contributed by atoms with Crippen LogP contribution >= 0.6 is 11.8 Å². The second-order valence-corrected chi connectivity index (χ2v) is 9.08. The molecule has 0 heterocycles. The molecule has 31 heavy (non-hydrogen) atoms. The molecule has 0 radical (unpaired) electrons. The fraction of sp³-hybridized carbons (Fsp3) is 0.440. The minimum Gasteiger partial charge on any atom is -0.497 e. The van der Waals surface area contributed by atoms with Crippen molar-refractivity contribution in [1.82, 2.24) is 10.2 Å². The first kappa shape index (κ1) is 24.8. The molecule has 2 rings (SSSR count). The molecule has 0 spiro atoms. The molecule has 0 saturated heterocycles. The Morgan fingerprint density at radius 2 is 1.68 bits per heavy atom. The van der Waals surface area contributed by atoms with Gasteiger partial charge in [0.1, 0.15) is 11.8 Å². The van der Waals surface area contributed by atoms with Crippen LogP contribution in [0.15, 0.2) is 54.6 Å². The van der Waals surface area contributed by atoms with E-state index in [2.05, 4.69) is 31.3 Å². The Bertz CT molecular complexity index is 809. The largest absolute Gasteiger partial charge is 0.497 e. The molecular weight excluding hydrogens is 408 g/mol. The molecule has 1 atom stereocenters. The Kier molecular flexibility index (Phi) is 10.4. The van der Waals surface area contributed by atoms with Gasteiger partial charge in [-0.05, 0) is 36.1 Å². The van der Waals surface area contributed by atoms with E-state index in [1.165, 1.54) is 5.56 Å². The summed E-state index contributed by atoms with van der Waals surface area (Å²) in [4.78, 5) is 27.4. The number of nitrogens with zero attached hydrogens (tertiary/aromatic N) is 1. The van der Waals surface area contributed by atoms with Gasteiger partial charge >= 0.3 is 0 Å². The lowest BCUT2D eigenvalue weighted by molar-refractivity contribution is -0.140. The third-order valence-corrected chi connectivity index (χ3v) is 5.97. The minimum atomic E-state index is -0.535. The van der Waals surface area contributed by atoms with Gasteiger partial charge in [0.2, 0.25) is 11.8 Å². The van der Waals surface area contributed by atoms with Crippen molar-refractivity contribution in [3.05, 3.63) is 65.7 Å². The smallest absolute Gasteiger partial charge is 0.242 e. The Morgan fingerprint density at radius 1 is 1.00 bits per heavy atom. The van der Waals surface area contributed by atoms with Gasteiger partial charge in [0.05, 0.1) is 7.11 Å². The molecule has 2 aromatic rings. The summed E-state index contributed by atoms with van der Waals surface area (Å²) in [6, 6.07) is 17.3. The van der Waals surface area contributed by atoms with Crippen LogP contribution in [0.3, 0.4) is 0 Å². The summed E-state index contributed by atoms with van der Waals surface area (Å²) in [7, 11) is 1.62. The van der Waals surface area contributed by atoms with Crippen molar-refractivity contribution in [1.29, 1.82) is 0 Å². The first-order chi connectivity index (χ1) is 14.9. The summed E-state index contributed by atoms with van der Waals surface area (Å²) in [6.45, 7) is 6.89. The van der Waals surface area contributed by atoms with E-state index >= 15 is 0 Å². The zero-order valence-corrected chi connectivity index (χ0v) is 19.8. The number of carbonyl (C=O) groups is 2. The molecule has 6 heteroatoms. The average Bonchev–Trinajstić information content (AvgIpc) is 2.79. The van der Waals surface area contributed by atoms with Gasteiger partial charge in [-0.15, -0.1) is 0 Å². The number of amides is 2. The summed E-state index contributed by atoms with van der Waals surface area (Å²) in [5.41, 5.74) is 2.21. The van der Waals surface area contributed by atoms with Crippen molar-refractivity contribution < 1.29 is 14.3 Å². The van der Waals surface area contributed by atoms with Crippen molar-refractivity contribution in [3.63, 3.8) is 0 Å². The third-order valence-electron chi connectivity index (χ3n) is 4.94. The number of hydrogen-bond donors (Lipinski definition) is 1. The number of rotatable bonds is 12. The molecule has 0 aliphatic carbocycles. The summed E-state index contributed by atoms with van der Waals surface area (Å²) in [6.07, 6.45) is 0.398. The Morgan fingerprint density at radius 3 is 2.29 bits per heavy atom. The lowest BCUT2D eigenvalue weighted by atomic mass is 10.1. The predicted octanol–water partition coefficient (Wildman–Crippen LogP) is 4.51. The van der Waals surface area contributed by atoms with Crippen LogP contribution in [0, 0.1) is 5.92 Å². The minimum absolute atomic E-state index is 0.0106. The van der Waals surface area contributed by atoms with Gasteiger partial charge in [0.25, 0.3) is 0 Å². The Balaban J connectivity index is 2.00. The summed E-state index contributed by atoms with van der Waals surface area (Å²) >= 11 is 1.73.